The molecule has 0 aromatic heterocycles. The number of hydrogen-bond donors (Lipinski definition) is 0. The van der Waals surface area contributed by atoms with Crippen molar-refractivity contribution in [2.45, 2.75) is 0 Å². The topological polar surface area (TPSA) is 18.5 Å². The molecule has 1 aromatic rings. The van der Waals surface area contributed by atoms with Gasteiger partial charge in [0.2, 0.25) is 0 Å². The smallest absolute Gasteiger partial charge is 0.172 e. The van der Waals surface area contributed by atoms with Crippen molar-refractivity contribution in [2.24, 2.45) is 0 Å². The molecule has 0 aliphatic heterocycles. The number of ether oxygens (including phenoxy) is 2. The molecule has 0 aliphatic carbocycles. The second-order valence-electron chi connectivity index (χ2n) is 2.28. The van der Waals surface area contributed by atoms with E-state index in [1.807, 2.05) is 30.3 Å². The predicted octanol–water partition coefficient (Wildman–Crippen LogP) is 3.95. The van der Waals surface area contributed by atoms with Gasteiger partial charge in [-0.05, 0) is 0 Å². The van der Waals surface area contributed by atoms with E-state index in [2.05, 4.69) is 6.92 Å². The fraction of sp³-hybridized carbons (Fsp3) is 0.400. The van der Waals surface area contributed by atoms with Crippen LogP contribution in [0.25, 0.3) is 0 Å². The summed E-state index contributed by atoms with van der Waals surface area (Å²) in [5.41, 5.74) is 0. The largest absolute Gasteiger partial charge is 0.214 e. The molecule has 1 aromatic carbocycles. The molecule has 0 spiro atoms. The van der Waals surface area contributed by atoms with Gasteiger partial charge in [0.15, 0.2) is 0 Å². The summed E-state index contributed by atoms with van der Waals surface area (Å²) in [5.74, 6) is 0. The van der Waals surface area contributed by atoms with Gasteiger partial charge in [0.05, 0.1) is 13.2 Å². The molecule has 0 radical (unpaired) electrons. The first-order valence-corrected chi connectivity index (χ1v) is 11.0. The molecule has 95 valence electrons. The van der Waals surface area contributed by atoms with E-state index in [1.54, 1.807) is 7.11 Å². The summed E-state index contributed by atoms with van der Waals surface area (Å²) in [6.45, 7) is 5.33. The first kappa shape index (κ1) is 19.2. The van der Waals surface area contributed by atoms with Gasteiger partial charge in [-0.2, -0.15) is 18.2 Å². The Kier molecular flexibility index (Phi) is 21.9. The van der Waals surface area contributed by atoms with Crippen LogP contribution in [-0.2, 0) is 24.2 Å². The van der Waals surface area contributed by atoms with E-state index < -0.39 is 14.7 Å². The summed E-state index contributed by atoms with van der Waals surface area (Å²) in [4.78, 5) is 0. The second-order valence-corrected chi connectivity index (χ2v) is 10.0. The van der Waals surface area contributed by atoms with Gasteiger partial charge in [-0.25, -0.2) is 12.1 Å². The van der Waals surface area contributed by atoms with Crippen molar-refractivity contribution in [1.82, 2.24) is 0 Å². The molecule has 16 heavy (non-hydrogen) atoms. The molecule has 0 amide bonds. The van der Waals surface area contributed by atoms with Crippen molar-refractivity contribution in [3.05, 3.63) is 37.3 Å². The number of hydrogen-bond acceptors (Lipinski definition) is 2. The Morgan fingerprint density at radius 3 is 1.94 bits per heavy atom. The van der Waals surface area contributed by atoms with Gasteiger partial charge in [-0.1, -0.05) is 6.61 Å². The number of methoxy groups -OCH3 is 1. The van der Waals surface area contributed by atoms with Crippen LogP contribution < -0.4 is 0 Å². The van der Waals surface area contributed by atoms with Crippen LogP contribution in [0.5, 0.6) is 0 Å². The maximum Gasteiger partial charge on any atom is -0.172 e. The molecule has 0 heterocycles. The first-order chi connectivity index (χ1) is 7.65. The zero-order valence-corrected chi connectivity index (χ0v) is 13.0. The maximum atomic E-state index is 4.97. The van der Waals surface area contributed by atoms with Gasteiger partial charge >= 0.3 is 42.6 Å². The van der Waals surface area contributed by atoms with Crippen LogP contribution in [0.3, 0.4) is 0 Å². The Bertz CT molecular complexity index is 160. The number of halogens is 3. The van der Waals surface area contributed by atoms with Gasteiger partial charge in [0.25, 0.3) is 0 Å². The normalized spacial score (nSPS) is 8.31. The Morgan fingerprint density at radius 1 is 1.19 bits per heavy atom. The van der Waals surface area contributed by atoms with Crippen molar-refractivity contribution in [2.75, 3.05) is 26.9 Å². The summed E-state index contributed by atoms with van der Waals surface area (Å²) in [6.07, 6.45) is 0. The SMILES string of the molecule is [CH2-]COCCOC.[Cl][Ti]([Cl])[Cl].c1cc[cH-]c1. The monoisotopic (exact) mass is 321 g/mol. The third-order valence-corrected chi connectivity index (χ3v) is 1.13. The van der Waals surface area contributed by atoms with Crippen molar-refractivity contribution >= 4 is 27.9 Å². The zero-order valence-electron chi connectivity index (χ0n) is 9.17. The van der Waals surface area contributed by atoms with Gasteiger partial charge in [0, 0.05) is 7.11 Å². The van der Waals surface area contributed by atoms with Crippen molar-refractivity contribution in [1.29, 1.82) is 0 Å². The van der Waals surface area contributed by atoms with E-state index in [1.165, 1.54) is 0 Å². The van der Waals surface area contributed by atoms with Crippen LogP contribution in [0.15, 0.2) is 30.3 Å². The summed E-state index contributed by atoms with van der Waals surface area (Å²) in [7, 11) is 16.6. The molecule has 0 saturated carbocycles. The molecular formula is C10H16Cl3O2Ti-2. The summed E-state index contributed by atoms with van der Waals surface area (Å²) in [5, 5.41) is 0. The Morgan fingerprint density at radius 2 is 1.69 bits per heavy atom. The molecule has 1 rings (SSSR count). The van der Waals surface area contributed by atoms with Crippen LogP contribution >= 0.6 is 27.9 Å². The van der Waals surface area contributed by atoms with Crippen molar-refractivity contribution in [3.63, 3.8) is 0 Å². The van der Waals surface area contributed by atoms with Crippen LogP contribution in [0.4, 0.5) is 0 Å². The van der Waals surface area contributed by atoms with Gasteiger partial charge in [-0.3, -0.25) is 0 Å². The fourth-order valence-electron chi connectivity index (χ4n) is 0.565. The molecule has 0 aliphatic rings. The minimum atomic E-state index is -1.92. The fourth-order valence-corrected chi connectivity index (χ4v) is 0.565. The van der Waals surface area contributed by atoms with Gasteiger partial charge < -0.3 is 16.4 Å². The summed E-state index contributed by atoms with van der Waals surface area (Å²) < 4.78 is 9.53. The standard InChI is InChI=1S/C5H11O2.C5H5.3ClH.Ti/c1-3-7-5-4-6-2;1-2-4-5-3-1;;;;/h1,3-5H2,2H3;1-5H;3*1H;/q2*-1;;;;+3/p-3. The van der Waals surface area contributed by atoms with E-state index >= 15 is 0 Å². The van der Waals surface area contributed by atoms with E-state index in [-0.39, 0.29) is 0 Å². The van der Waals surface area contributed by atoms with Crippen LogP contribution in [0.2, 0.25) is 0 Å². The predicted molar refractivity (Wildman–Crippen MR) is 67.6 cm³/mol. The summed E-state index contributed by atoms with van der Waals surface area (Å²) >= 11 is -1.92. The van der Waals surface area contributed by atoms with Crippen molar-refractivity contribution < 1.29 is 24.2 Å². The minimum Gasteiger partial charge on any atom is -0.214 e. The van der Waals surface area contributed by atoms with Gasteiger partial charge in [-0.15, -0.1) is 0 Å². The van der Waals surface area contributed by atoms with Crippen LogP contribution in [0.1, 0.15) is 0 Å². The van der Waals surface area contributed by atoms with Crippen LogP contribution in [0, 0.1) is 6.92 Å². The van der Waals surface area contributed by atoms with Crippen LogP contribution in [-0.4, -0.2) is 26.9 Å². The molecule has 0 atom stereocenters. The van der Waals surface area contributed by atoms with E-state index in [0.717, 1.165) is 0 Å². The summed E-state index contributed by atoms with van der Waals surface area (Å²) in [6, 6.07) is 10.0. The minimum absolute atomic E-state index is 0.531. The Balaban J connectivity index is 0. The molecule has 2 nitrogen and oxygen atoms in total. The molecule has 6 heteroatoms. The average molecular weight is 322 g/mol. The third kappa shape index (κ3) is 29.4. The molecule has 0 fully saturated rings. The maximum absolute atomic E-state index is 4.97. The average Bonchev–Trinajstić information content (AvgIpc) is 2.75. The zero-order chi connectivity index (χ0) is 12.6. The Hall–Kier alpha value is 0.854. The first-order valence-electron chi connectivity index (χ1n) is 4.51. The quantitative estimate of drug-likeness (QED) is 0.475. The number of rotatable bonds is 4. The van der Waals surface area contributed by atoms with E-state index in [0.29, 0.717) is 19.8 Å². The van der Waals surface area contributed by atoms with E-state index in [9.17, 15) is 0 Å². The molecule has 0 unspecified atom stereocenters. The molecule has 0 saturated heterocycles. The molecule has 0 N–H and O–H groups in total. The third-order valence-electron chi connectivity index (χ3n) is 1.13. The van der Waals surface area contributed by atoms with Gasteiger partial charge in [0.1, 0.15) is 0 Å². The molecular weight excluding hydrogens is 306 g/mol. The second kappa shape index (κ2) is 18.2. The molecule has 0 bridgehead atoms. The van der Waals surface area contributed by atoms with Crippen molar-refractivity contribution in [3.8, 4) is 0 Å². The van der Waals surface area contributed by atoms with E-state index in [4.69, 9.17) is 37.4 Å². The Labute approximate surface area is 116 Å².